The van der Waals surface area contributed by atoms with Gasteiger partial charge >= 0.3 is 0 Å². The van der Waals surface area contributed by atoms with Crippen LogP contribution in [0, 0.1) is 11.7 Å². The molecule has 0 saturated carbocycles. The Morgan fingerprint density at radius 1 is 1.03 bits per heavy atom. The van der Waals surface area contributed by atoms with Crippen molar-refractivity contribution in [3.8, 4) is 11.1 Å². The van der Waals surface area contributed by atoms with Crippen molar-refractivity contribution in [2.75, 3.05) is 25.1 Å². The maximum absolute atomic E-state index is 14.5. The predicted octanol–water partition coefficient (Wildman–Crippen LogP) is 4.06. The lowest BCUT2D eigenvalue weighted by Gasteiger charge is -2.44. The van der Waals surface area contributed by atoms with Crippen LogP contribution in [-0.4, -0.2) is 44.1 Å². The molecule has 0 aromatic heterocycles. The summed E-state index contributed by atoms with van der Waals surface area (Å²) in [5, 5.41) is 10.1. The van der Waals surface area contributed by atoms with Gasteiger partial charge in [-0.25, -0.2) is 12.8 Å². The van der Waals surface area contributed by atoms with Crippen LogP contribution in [0.5, 0.6) is 0 Å². The quantitative estimate of drug-likeness (QED) is 0.649. The summed E-state index contributed by atoms with van der Waals surface area (Å²) in [6.45, 7) is 0.311. The average Bonchev–Trinajstić information content (AvgIpc) is 3.26. The van der Waals surface area contributed by atoms with Crippen LogP contribution in [-0.2, 0) is 10.0 Å². The van der Waals surface area contributed by atoms with Crippen molar-refractivity contribution in [2.45, 2.75) is 23.4 Å². The molecule has 32 heavy (non-hydrogen) atoms. The first-order valence-corrected chi connectivity index (χ1v) is 12.2. The summed E-state index contributed by atoms with van der Waals surface area (Å²) in [5.41, 5.74) is 2.90. The van der Waals surface area contributed by atoms with E-state index >= 15 is 0 Å². The number of fused-ring (bicyclic) bond motifs is 3. The minimum absolute atomic E-state index is 0.0631. The normalized spacial score (nSPS) is 23.1. The van der Waals surface area contributed by atoms with Gasteiger partial charge in [0, 0.05) is 30.8 Å². The first kappa shape index (κ1) is 21.1. The van der Waals surface area contributed by atoms with Crippen LogP contribution in [0.3, 0.4) is 0 Å². The number of sulfonamides is 1. The molecule has 3 atom stereocenters. The maximum atomic E-state index is 14.5. The second kappa shape index (κ2) is 7.99. The molecule has 0 unspecified atom stereocenters. The standard InChI is InChI=1S/C25H25FN2O3S/c1-27-23-12-11-17(19-9-5-6-10-22(19)26)15-21(23)25-20(24(27)16-29)13-14-28(25)32(30,31)18-7-3-2-4-8-18/h2-12,15,20,24-25,29H,13-14,16H2,1H3/t20-,24-,25-/m0/s1. The highest BCUT2D eigenvalue weighted by Crippen LogP contribution is 2.51. The third kappa shape index (κ3) is 3.23. The zero-order chi connectivity index (χ0) is 22.5. The fourth-order valence-electron chi connectivity index (χ4n) is 5.27. The SMILES string of the molecule is CN1c2ccc(-c3ccccc3F)cc2[C@@H]2[C@@H](CCN2S(=O)(=O)c2ccccc2)[C@@H]1CO. The van der Waals surface area contributed by atoms with Crippen molar-refractivity contribution in [3.05, 3.63) is 84.2 Å². The fourth-order valence-corrected chi connectivity index (χ4v) is 6.96. The minimum Gasteiger partial charge on any atom is -0.394 e. The molecule has 0 spiro atoms. The molecule has 5 rings (SSSR count). The molecule has 3 aromatic carbocycles. The van der Waals surface area contributed by atoms with E-state index in [1.54, 1.807) is 52.8 Å². The van der Waals surface area contributed by atoms with Crippen molar-refractivity contribution in [3.63, 3.8) is 0 Å². The number of hydrogen-bond donors (Lipinski definition) is 1. The lowest BCUT2D eigenvalue weighted by Crippen LogP contribution is -2.48. The molecule has 5 nitrogen and oxygen atoms in total. The van der Waals surface area contributed by atoms with E-state index in [0.29, 0.717) is 24.1 Å². The van der Waals surface area contributed by atoms with Gasteiger partial charge in [-0.1, -0.05) is 42.5 Å². The molecule has 2 aliphatic heterocycles. The number of halogens is 1. The van der Waals surface area contributed by atoms with Gasteiger partial charge in [0.05, 0.1) is 23.6 Å². The van der Waals surface area contributed by atoms with Gasteiger partial charge in [-0.05, 0) is 47.9 Å². The number of hydrogen-bond acceptors (Lipinski definition) is 4. The highest BCUT2D eigenvalue weighted by molar-refractivity contribution is 7.89. The summed E-state index contributed by atoms with van der Waals surface area (Å²) in [6.07, 6.45) is 0.648. The number of rotatable bonds is 4. The summed E-state index contributed by atoms with van der Waals surface area (Å²) < 4.78 is 43.2. The van der Waals surface area contributed by atoms with Crippen LogP contribution in [0.2, 0.25) is 0 Å². The van der Waals surface area contributed by atoms with Gasteiger partial charge < -0.3 is 10.0 Å². The average molecular weight is 453 g/mol. The van der Waals surface area contributed by atoms with E-state index in [1.165, 1.54) is 6.07 Å². The van der Waals surface area contributed by atoms with Gasteiger partial charge in [0.25, 0.3) is 0 Å². The topological polar surface area (TPSA) is 60.9 Å². The molecular formula is C25H25FN2O3S. The summed E-state index contributed by atoms with van der Waals surface area (Å²) in [6, 6.07) is 20.1. The van der Waals surface area contributed by atoms with Crippen LogP contribution >= 0.6 is 0 Å². The Kier molecular flexibility index (Phi) is 5.28. The van der Waals surface area contributed by atoms with Gasteiger partial charge in [-0.3, -0.25) is 0 Å². The molecule has 1 saturated heterocycles. The Labute approximate surface area is 187 Å². The first-order chi connectivity index (χ1) is 15.4. The largest absolute Gasteiger partial charge is 0.394 e. The third-order valence-electron chi connectivity index (χ3n) is 6.84. The zero-order valence-electron chi connectivity index (χ0n) is 17.7. The Morgan fingerprint density at radius 3 is 2.47 bits per heavy atom. The first-order valence-electron chi connectivity index (χ1n) is 10.7. The van der Waals surface area contributed by atoms with E-state index in [0.717, 1.165) is 11.3 Å². The number of anilines is 1. The molecule has 166 valence electrons. The van der Waals surface area contributed by atoms with Gasteiger partial charge in [-0.2, -0.15) is 4.31 Å². The number of aliphatic hydroxyl groups excluding tert-OH is 1. The molecule has 2 heterocycles. The molecule has 1 N–H and O–H groups in total. The van der Waals surface area contributed by atoms with E-state index in [4.69, 9.17) is 0 Å². The number of aliphatic hydroxyl groups is 1. The highest BCUT2D eigenvalue weighted by atomic mass is 32.2. The molecular weight excluding hydrogens is 427 g/mol. The molecule has 7 heteroatoms. The van der Waals surface area contributed by atoms with Gasteiger partial charge in [0.2, 0.25) is 10.0 Å². The summed E-state index contributed by atoms with van der Waals surface area (Å²) in [4.78, 5) is 2.28. The Hall–Kier alpha value is -2.74. The van der Waals surface area contributed by atoms with Gasteiger partial charge in [0.15, 0.2) is 0 Å². The smallest absolute Gasteiger partial charge is 0.243 e. The molecule has 0 bridgehead atoms. The van der Waals surface area contributed by atoms with Crippen molar-refractivity contribution < 1.29 is 17.9 Å². The lowest BCUT2D eigenvalue weighted by molar-refractivity contribution is 0.193. The number of benzene rings is 3. The molecule has 1 fully saturated rings. The number of likely N-dealkylation sites (N-methyl/N-ethyl adjacent to an activating group) is 1. The van der Waals surface area contributed by atoms with E-state index in [9.17, 15) is 17.9 Å². The van der Waals surface area contributed by atoms with Crippen molar-refractivity contribution >= 4 is 15.7 Å². The van der Waals surface area contributed by atoms with Crippen LogP contribution < -0.4 is 4.90 Å². The highest BCUT2D eigenvalue weighted by Gasteiger charge is 2.50. The summed E-state index contributed by atoms with van der Waals surface area (Å²) in [7, 11) is -1.80. The van der Waals surface area contributed by atoms with E-state index < -0.39 is 16.1 Å². The minimum atomic E-state index is -3.73. The Morgan fingerprint density at radius 2 is 1.75 bits per heavy atom. The van der Waals surface area contributed by atoms with Crippen LogP contribution in [0.1, 0.15) is 18.0 Å². The molecule has 2 aliphatic rings. The maximum Gasteiger partial charge on any atom is 0.243 e. The molecule has 0 aliphatic carbocycles. The second-order valence-electron chi connectivity index (χ2n) is 8.44. The van der Waals surface area contributed by atoms with Crippen LogP contribution in [0.15, 0.2) is 77.7 Å². The zero-order valence-corrected chi connectivity index (χ0v) is 18.5. The van der Waals surface area contributed by atoms with E-state index in [2.05, 4.69) is 0 Å². The monoisotopic (exact) mass is 452 g/mol. The van der Waals surface area contributed by atoms with Crippen molar-refractivity contribution in [1.29, 1.82) is 0 Å². The van der Waals surface area contributed by atoms with Crippen molar-refractivity contribution in [1.82, 2.24) is 4.31 Å². The molecule has 3 aromatic rings. The fraction of sp³-hybridized carbons (Fsp3) is 0.280. The van der Waals surface area contributed by atoms with Crippen LogP contribution in [0.25, 0.3) is 11.1 Å². The molecule has 0 amide bonds. The Bertz CT molecular complexity index is 1250. The number of nitrogens with zero attached hydrogens (tertiary/aromatic N) is 2. The summed E-state index contributed by atoms with van der Waals surface area (Å²) in [5.74, 6) is -0.381. The predicted molar refractivity (Wildman–Crippen MR) is 122 cm³/mol. The third-order valence-corrected chi connectivity index (χ3v) is 8.73. The second-order valence-corrected chi connectivity index (χ2v) is 10.3. The van der Waals surface area contributed by atoms with E-state index in [1.807, 2.05) is 30.1 Å². The van der Waals surface area contributed by atoms with Gasteiger partial charge in [-0.15, -0.1) is 0 Å². The van der Waals surface area contributed by atoms with E-state index in [-0.39, 0.29) is 29.3 Å². The lowest BCUT2D eigenvalue weighted by atomic mass is 9.81. The molecule has 0 radical (unpaired) electrons. The summed E-state index contributed by atoms with van der Waals surface area (Å²) >= 11 is 0. The van der Waals surface area contributed by atoms with Crippen molar-refractivity contribution in [2.24, 2.45) is 5.92 Å². The Balaban J connectivity index is 1.67. The van der Waals surface area contributed by atoms with Gasteiger partial charge in [0.1, 0.15) is 5.82 Å². The van der Waals surface area contributed by atoms with Crippen LogP contribution in [0.4, 0.5) is 10.1 Å².